The monoisotopic (exact) mass is 354 g/mol. The smallest absolute Gasteiger partial charge is 0.320 e. The van der Waals surface area contributed by atoms with E-state index in [-0.39, 0.29) is 5.91 Å². The van der Waals surface area contributed by atoms with Crippen molar-refractivity contribution in [2.24, 2.45) is 5.73 Å². The van der Waals surface area contributed by atoms with Crippen molar-refractivity contribution in [1.29, 1.82) is 0 Å². The summed E-state index contributed by atoms with van der Waals surface area (Å²) < 4.78 is 0. The topological polar surface area (TPSA) is 92.4 Å². The van der Waals surface area contributed by atoms with E-state index in [4.69, 9.17) is 10.8 Å². The molecule has 0 aromatic carbocycles. The number of aliphatic carboxylic acids is 1. The molecule has 0 fully saturated rings. The zero-order chi connectivity index (χ0) is 18.8. The number of rotatable bonds is 17. The van der Waals surface area contributed by atoms with Crippen LogP contribution in [-0.4, -0.2) is 29.6 Å². The van der Waals surface area contributed by atoms with E-state index in [0.29, 0.717) is 25.8 Å². The second-order valence-electron chi connectivity index (χ2n) is 6.73. The van der Waals surface area contributed by atoms with E-state index in [9.17, 15) is 9.59 Å². The van der Waals surface area contributed by atoms with E-state index in [2.05, 4.69) is 18.3 Å². The van der Waals surface area contributed by atoms with E-state index in [0.717, 1.165) is 12.8 Å². The molecule has 0 aliphatic carbocycles. The molecule has 25 heavy (non-hydrogen) atoms. The Morgan fingerprint density at radius 2 is 1.60 bits per heavy atom. The Bertz CT molecular complexity index is 370. The lowest BCUT2D eigenvalue weighted by molar-refractivity contribution is -0.138. The molecule has 0 saturated heterocycles. The number of allylic oxidation sites excluding steroid dienone is 1. The minimum Gasteiger partial charge on any atom is -0.480 e. The molecule has 0 unspecified atom stereocenters. The molecule has 1 amide bonds. The minimum absolute atomic E-state index is 0.0229. The number of carboxylic acid groups (broad SMARTS) is 1. The molecular weight excluding hydrogens is 316 g/mol. The Labute approximate surface area is 153 Å². The first kappa shape index (κ1) is 23.6. The lowest BCUT2D eigenvalue weighted by atomic mass is 10.1. The lowest BCUT2D eigenvalue weighted by Crippen LogP contribution is -2.30. The highest BCUT2D eigenvalue weighted by Gasteiger charge is 2.09. The predicted octanol–water partition coefficient (Wildman–Crippen LogP) is 4.16. The number of nitrogens with two attached hydrogens (primary N) is 1. The van der Waals surface area contributed by atoms with Gasteiger partial charge in [-0.3, -0.25) is 9.59 Å². The van der Waals surface area contributed by atoms with Gasteiger partial charge in [-0.05, 0) is 32.1 Å². The first-order valence-corrected chi connectivity index (χ1v) is 9.98. The maximum absolute atomic E-state index is 11.6. The molecule has 0 aliphatic heterocycles. The van der Waals surface area contributed by atoms with E-state index < -0.39 is 12.0 Å². The number of carbonyl (C=O) groups is 2. The number of hydrogen-bond acceptors (Lipinski definition) is 3. The quantitative estimate of drug-likeness (QED) is 0.270. The van der Waals surface area contributed by atoms with Gasteiger partial charge in [-0.2, -0.15) is 0 Å². The molecule has 0 saturated carbocycles. The van der Waals surface area contributed by atoms with Crippen molar-refractivity contribution in [3.63, 3.8) is 0 Å². The van der Waals surface area contributed by atoms with Gasteiger partial charge in [0.15, 0.2) is 0 Å². The number of amides is 1. The van der Waals surface area contributed by atoms with Gasteiger partial charge in [0.2, 0.25) is 5.91 Å². The van der Waals surface area contributed by atoms with Gasteiger partial charge >= 0.3 is 5.97 Å². The standard InChI is InChI=1S/C20H38N2O3/c1-2-3-4-5-6-7-8-9-10-11-12-16-19(23)22-17-14-13-15-18(21)20(24)25/h11-12,18H,2-10,13-17,21H2,1H3,(H,22,23)(H,24,25)/b12-11+/t18-/m0/s1. The minimum atomic E-state index is -0.967. The molecule has 4 N–H and O–H groups in total. The van der Waals surface area contributed by atoms with Crippen LogP contribution in [0.15, 0.2) is 12.2 Å². The van der Waals surface area contributed by atoms with Crippen molar-refractivity contribution in [3.05, 3.63) is 12.2 Å². The second kappa shape index (κ2) is 17.5. The fraction of sp³-hybridized carbons (Fsp3) is 0.800. The highest BCUT2D eigenvalue weighted by atomic mass is 16.4. The summed E-state index contributed by atoms with van der Waals surface area (Å²) in [4.78, 5) is 22.2. The highest BCUT2D eigenvalue weighted by Crippen LogP contribution is 2.09. The Morgan fingerprint density at radius 1 is 0.960 bits per heavy atom. The number of nitrogens with one attached hydrogen (secondary N) is 1. The molecule has 0 rings (SSSR count). The third kappa shape index (κ3) is 17.3. The average Bonchev–Trinajstić information content (AvgIpc) is 2.59. The summed E-state index contributed by atoms with van der Waals surface area (Å²) in [5, 5.41) is 11.5. The second-order valence-corrected chi connectivity index (χ2v) is 6.73. The average molecular weight is 355 g/mol. The fourth-order valence-electron chi connectivity index (χ4n) is 2.62. The summed E-state index contributed by atoms with van der Waals surface area (Å²) in [7, 11) is 0. The Kier molecular flexibility index (Phi) is 16.5. The number of hydrogen-bond donors (Lipinski definition) is 3. The normalized spacial score (nSPS) is 12.4. The number of carbonyl (C=O) groups excluding carboxylic acids is 1. The van der Waals surface area contributed by atoms with Gasteiger partial charge in [-0.25, -0.2) is 0 Å². The lowest BCUT2D eigenvalue weighted by Gasteiger charge is -2.06. The summed E-state index contributed by atoms with van der Waals surface area (Å²) in [5.74, 6) is -0.944. The maximum Gasteiger partial charge on any atom is 0.320 e. The first-order valence-electron chi connectivity index (χ1n) is 9.98. The Morgan fingerprint density at radius 3 is 2.24 bits per heavy atom. The van der Waals surface area contributed by atoms with E-state index in [1.54, 1.807) is 0 Å². The molecule has 1 atom stereocenters. The van der Waals surface area contributed by atoms with Crippen LogP contribution in [0.1, 0.15) is 90.4 Å². The van der Waals surface area contributed by atoms with Gasteiger partial charge in [0.1, 0.15) is 6.04 Å². The van der Waals surface area contributed by atoms with Gasteiger partial charge in [-0.1, -0.05) is 64.0 Å². The molecule has 0 aliphatic rings. The van der Waals surface area contributed by atoms with Gasteiger partial charge in [0.25, 0.3) is 0 Å². The van der Waals surface area contributed by atoms with Gasteiger partial charge in [-0.15, -0.1) is 0 Å². The van der Waals surface area contributed by atoms with Crippen molar-refractivity contribution in [2.45, 2.75) is 96.4 Å². The van der Waals surface area contributed by atoms with E-state index in [1.165, 1.54) is 51.4 Å². The van der Waals surface area contributed by atoms with Crippen LogP contribution in [-0.2, 0) is 9.59 Å². The molecule has 5 heteroatoms. The predicted molar refractivity (Wildman–Crippen MR) is 103 cm³/mol. The summed E-state index contributed by atoms with van der Waals surface area (Å²) in [6, 6.07) is -0.796. The molecule has 0 heterocycles. The third-order valence-electron chi connectivity index (χ3n) is 4.28. The van der Waals surface area contributed by atoms with Crippen LogP contribution >= 0.6 is 0 Å². The fourth-order valence-corrected chi connectivity index (χ4v) is 2.62. The van der Waals surface area contributed by atoms with Crippen LogP contribution in [0.5, 0.6) is 0 Å². The van der Waals surface area contributed by atoms with Crippen molar-refractivity contribution in [2.75, 3.05) is 6.54 Å². The first-order chi connectivity index (χ1) is 12.1. The number of carboxylic acids is 1. The summed E-state index contributed by atoms with van der Waals surface area (Å²) in [6.07, 6.45) is 18.0. The van der Waals surface area contributed by atoms with Gasteiger partial charge < -0.3 is 16.2 Å². The number of unbranched alkanes of at least 4 members (excludes halogenated alkanes) is 9. The molecule has 0 bridgehead atoms. The van der Waals surface area contributed by atoms with Crippen LogP contribution < -0.4 is 11.1 Å². The van der Waals surface area contributed by atoms with Crippen molar-refractivity contribution in [3.8, 4) is 0 Å². The maximum atomic E-state index is 11.6. The van der Waals surface area contributed by atoms with Crippen LogP contribution in [0, 0.1) is 0 Å². The summed E-state index contributed by atoms with van der Waals surface area (Å²) in [5.41, 5.74) is 5.41. The Hall–Kier alpha value is -1.36. The van der Waals surface area contributed by atoms with E-state index >= 15 is 0 Å². The zero-order valence-corrected chi connectivity index (χ0v) is 16.0. The zero-order valence-electron chi connectivity index (χ0n) is 16.0. The van der Waals surface area contributed by atoms with E-state index in [1.807, 2.05) is 6.08 Å². The van der Waals surface area contributed by atoms with Crippen molar-refractivity contribution >= 4 is 11.9 Å². The molecule has 5 nitrogen and oxygen atoms in total. The van der Waals surface area contributed by atoms with Crippen LogP contribution in [0.25, 0.3) is 0 Å². The van der Waals surface area contributed by atoms with Crippen molar-refractivity contribution < 1.29 is 14.7 Å². The summed E-state index contributed by atoms with van der Waals surface area (Å²) in [6.45, 7) is 2.82. The molecule has 0 aromatic heterocycles. The third-order valence-corrected chi connectivity index (χ3v) is 4.28. The molecule has 0 spiro atoms. The molecule has 0 aromatic rings. The SMILES string of the molecule is CCCCCCCCCC/C=C/CC(=O)NCCCC[C@H](N)C(=O)O. The summed E-state index contributed by atoms with van der Waals surface area (Å²) >= 11 is 0. The molecule has 146 valence electrons. The Balaban J connectivity index is 3.36. The largest absolute Gasteiger partial charge is 0.480 e. The van der Waals surface area contributed by atoms with Gasteiger partial charge in [0, 0.05) is 13.0 Å². The van der Waals surface area contributed by atoms with Crippen LogP contribution in [0.3, 0.4) is 0 Å². The molecule has 0 radical (unpaired) electrons. The molecular formula is C20H38N2O3. The van der Waals surface area contributed by atoms with Gasteiger partial charge in [0.05, 0.1) is 0 Å². The van der Waals surface area contributed by atoms with Crippen molar-refractivity contribution in [1.82, 2.24) is 5.32 Å². The highest BCUT2D eigenvalue weighted by molar-refractivity contribution is 5.77. The van der Waals surface area contributed by atoms with Crippen LogP contribution in [0.2, 0.25) is 0 Å². The van der Waals surface area contributed by atoms with Crippen LogP contribution in [0.4, 0.5) is 0 Å².